The van der Waals surface area contributed by atoms with Gasteiger partial charge in [-0.3, -0.25) is 15.1 Å². The molecule has 3 heterocycles. The van der Waals surface area contributed by atoms with E-state index in [0.29, 0.717) is 5.13 Å². The molecule has 106 valence electrons. The second-order valence-corrected chi connectivity index (χ2v) is 6.73. The van der Waals surface area contributed by atoms with E-state index in [1.165, 1.54) is 39.7 Å². The molecule has 0 spiro atoms. The van der Waals surface area contributed by atoms with Crippen LogP contribution in [0.4, 0.5) is 5.13 Å². The molecule has 0 aliphatic rings. The number of amides is 1. The molecule has 0 atom stereocenters. The number of thiazole rings is 1. The first-order valence-corrected chi connectivity index (χ1v) is 7.93. The summed E-state index contributed by atoms with van der Waals surface area (Å²) in [7, 11) is 0. The van der Waals surface area contributed by atoms with Crippen LogP contribution in [0.3, 0.4) is 0 Å². The molecule has 7 heteroatoms. The van der Waals surface area contributed by atoms with Crippen molar-refractivity contribution in [1.82, 2.24) is 15.0 Å². The minimum Gasteiger partial charge on any atom is -0.296 e. The molecule has 0 bridgehead atoms. The van der Waals surface area contributed by atoms with Crippen LogP contribution in [0, 0.1) is 13.8 Å². The van der Waals surface area contributed by atoms with Crippen molar-refractivity contribution in [2.45, 2.75) is 13.8 Å². The summed E-state index contributed by atoms with van der Waals surface area (Å²) in [6.45, 7) is 4.15. The quantitative estimate of drug-likeness (QED) is 0.802. The average Bonchev–Trinajstić information content (AvgIpc) is 3.06. The Morgan fingerprint density at radius 3 is 2.81 bits per heavy atom. The number of carbonyl (C=O) groups is 1. The summed E-state index contributed by atoms with van der Waals surface area (Å²) in [5.74, 6) is -0.303. The first-order valence-electron chi connectivity index (χ1n) is 6.24. The van der Waals surface area contributed by atoms with Crippen molar-refractivity contribution in [1.29, 1.82) is 0 Å². The molecule has 0 aromatic carbocycles. The van der Waals surface area contributed by atoms with Gasteiger partial charge in [-0.2, -0.15) is 0 Å². The van der Waals surface area contributed by atoms with Gasteiger partial charge in [-0.15, -0.1) is 22.7 Å². The summed E-state index contributed by atoms with van der Waals surface area (Å²) < 4.78 is 0. The number of nitrogens with one attached hydrogen (secondary N) is 1. The fourth-order valence-corrected chi connectivity index (χ4v) is 3.56. The standard InChI is InChI=1S/C14H12N4OS2/c1-8-5-10(9(2)21-8)12-7-20-14(17-12)18-13(19)11-6-15-3-4-16-11/h3-7H,1-2H3,(H,17,18,19). The summed E-state index contributed by atoms with van der Waals surface area (Å²) in [5.41, 5.74) is 2.28. The van der Waals surface area contributed by atoms with Crippen LogP contribution in [0.2, 0.25) is 0 Å². The molecule has 5 nitrogen and oxygen atoms in total. The molecule has 21 heavy (non-hydrogen) atoms. The summed E-state index contributed by atoms with van der Waals surface area (Å²) >= 11 is 3.14. The topological polar surface area (TPSA) is 67.8 Å². The second-order valence-electron chi connectivity index (χ2n) is 4.41. The van der Waals surface area contributed by atoms with E-state index in [4.69, 9.17) is 0 Å². The summed E-state index contributed by atoms with van der Waals surface area (Å²) in [6, 6.07) is 2.11. The van der Waals surface area contributed by atoms with Crippen LogP contribution >= 0.6 is 22.7 Å². The summed E-state index contributed by atoms with van der Waals surface area (Å²) in [5, 5.41) is 5.25. The van der Waals surface area contributed by atoms with E-state index in [0.717, 1.165) is 11.3 Å². The molecule has 0 unspecified atom stereocenters. The second kappa shape index (κ2) is 5.71. The third-order valence-electron chi connectivity index (χ3n) is 2.84. The van der Waals surface area contributed by atoms with Gasteiger partial charge in [0.05, 0.1) is 11.9 Å². The maximum atomic E-state index is 12.0. The predicted molar refractivity (Wildman–Crippen MR) is 84.9 cm³/mol. The largest absolute Gasteiger partial charge is 0.296 e. The van der Waals surface area contributed by atoms with E-state index in [2.05, 4.69) is 40.2 Å². The molecule has 3 aromatic rings. The molecule has 1 amide bonds. The van der Waals surface area contributed by atoms with E-state index in [1.54, 1.807) is 11.3 Å². The molecule has 0 saturated heterocycles. The van der Waals surface area contributed by atoms with Crippen molar-refractivity contribution in [2.24, 2.45) is 0 Å². The van der Waals surface area contributed by atoms with Gasteiger partial charge in [-0.05, 0) is 19.9 Å². The number of hydrogen-bond donors (Lipinski definition) is 1. The maximum Gasteiger partial charge on any atom is 0.277 e. The van der Waals surface area contributed by atoms with E-state index in [1.807, 2.05) is 5.38 Å². The molecule has 0 saturated carbocycles. The van der Waals surface area contributed by atoms with Crippen LogP contribution in [0.5, 0.6) is 0 Å². The first kappa shape index (κ1) is 13.8. The zero-order valence-electron chi connectivity index (χ0n) is 11.5. The van der Waals surface area contributed by atoms with Crippen LogP contribution in [0.15, 0.2) is 30.0 Å². The summed E-state index contributed by atoms with van der Waals surface area (Å²) in [6.07, 6.45) is 4.44. The zero-order chi connectivity index (χ0) is 14.8. The maximum absolute atomic E-state index is 12.0. The van der Waals surface area contributed by atoms with E-state index in [9.17, 15) is 4.79 Å². The summed E-state index contributed by atoms with van der Waals surface area (Å²) in [4.78, 5) is 26.8. The Morgan fingerprint density at radius 1 is 1.29 bits per heavy atom. The molecular weight excluding hydrogens is 304 g/mol. The highest BCUT2D eigenvalue weighted by molar-refractivity contribution is 7.14. The van der Waals surface area contributed by atoms with Crippen molar-refractivity contribution < 1.29 is 4.79 Å². The number of aromatic nitrogens is 3. The number of aryl methyl sites for hydroxylation is 2. The number of rotatable bonds is 3. The highest BCUT2D eigenvalue weighted by Gasteiger charge is 2.13. The van der Waals surface area contributed by atoms with Crippen molar-refractivity contribution >= 4 is 33.7 Å². The number of carbonyl (C=O) groups excluding carboxylic acids is 1. The fraction of sp³-hybridized carbons (Fsp3) is 0.143. The molecule has 0 aliphatic heterocycles. The lowest BCUT2D eigenvalue weighted by atomic mass is 10.2. The molecule has 0 radical (unpaired) electrons. The van der Waals surface area contributed by atoms with Gasteiger partial charge in [0, 0.05) is 33.1 Å². The average molecular weight is 316 g/mol. The smallest absolute Gasteiger partial charge is 0.277 e. The normalized spacial score (nSPS) is 10.6. The molecule has 3 rings (SSSR count). The highest BCUT2D eigenvalue weighted by Crippen LogP contribution is 2.32. The molecular formula is C14H12N4OS2. The Hall–Kier alpha value is -2.12. The van der Waals surface area contributed by atoms with Crippen molar-refractivity contribution in [3.8, 4) is 11.3 Å². The minimum atomic E-state index is -0.303. The third kappa shape index (κ3) is 2.98. The molecule has 0 fully saturated rings. The Balaban J connectivity index is 1.80. The SMILES string of the molecule is Cc1cc(-c2csc(NC(=O)c3cnccn3)n2)c(C)s1. The van der Waals surface area contributed by atoms with Gasteiger partial charge < -0.3 is 0 Å². The van der Waals surface area contributed by atoms with Crippen LogP contribution in [-0.2, 0) is 0 Å². The van der Waals surface area contributed by atoms with Gasteiger partial charge in [0.15, 0.2) is 5.13 Å². The van der Waals surface area contributed by atoms with Crippen molar-refractivity contribution in [3.63, 3.8) is 0 Å². The molecule has 0 aliphatic carbocycles. The van der Waals surface area contributed by atoms with Gasteiger partial charge in [-0.1, -0.05) is 0 Å². The van der Waals surface area contributed by atoms with E-state index in [-0.39, 0.29) is 11.6 Å². The Labute approximate surface area is 129 Å². The lowest BCUT2D eigenvalue weighted by Crippen LogP contribution is -2.13. The van der Waals surface area contributed by atoms with Gasteiger partial charge in [0.25, 0.3) is 5.91 Å². The van der Waals surface area contributed by atoms with Gasteiger partial charge >= 0.3 is 0 Å². The van der Waals surface area contributed by atoms with Crippen molar-refractivity contribution in [3.05, 3.63) is 45.5 Å². The van der Waals surface area contributed by atoms with E-state index >= 15 is 0 Å². The zero-order valence-corrected chi connectivity index (χ0v) is 13.1. The Morgan fingerprint density at radius 2 is 2.14 bits per heavy atom. The minimum absolute atomic E-state index is 0.275. The number of thiophene rings is 1. The Bertz CT molecular complexity index is 779. The number of anilines is 1. The molecule has 3 aromatic heterocycles. The van der Waals surface area contributed by atoms with Crippen molar-refractivity contribution in [2.75, 3.05) is 5.32 Å². The van der Waals surface area contributed by atoms with Crippen LogP contribution in [0.25, 0.3) is 11.3 Å². The number of nitrogens with zero attached hydrogens (tertiary/aromatic N) is 3. The van der Waals surface area contributed by atoms with Gasteiger partial charge in [-0.25, -0.2) is 9.97 Å². The van der Waals surface area contributed by atoms with Crippen LogP contribution < -0.4 is 5.32 Å². The van der Waals surface area contributed by atoms with Crippen LogP contribution in [-0.4, -0.2) is 20.9 Å². The lowest BCUT2D eigenvalue weighted by Gasteiger charge is -1.99. The van der Waals surface area contributed by atoms with E-state index < -0.39 is 0 Å². The first-order chi connectivity index (χ1) is 10.1. The van der Waals surface area contributed by atoms with Gasteiger partial charge in [0.2, 0.25) is 0 Å². The monoisotopic (exact) mass is 316 g/mol. The number of hydrogen-bond acceptors (Lipinski definition) is 6. The highest BCUT2D eigenvalue weighted by atomic mass is 32.1. The predicted octanol–water partition coefficient (Wildman–Crippen LogP) is 3.53. The Kier molecular flexibility index (Phi) is 3.76. The molecule has 1 N–H and O–H groups in total. The lowest BCUT2D eigenvalue weighted by molar-refractivity contribution is 0.102. The third-order valence-corrected chi connectivity index (χ3v) is 4.56. The fourth-order valence-electron chi connectivity index (χ4n) is 1.92. The van der Waals surface area contributed by atoms with Gasteiger partial charge in [0.1, 0.15) is 5.69 Å². The van der Waals surface area contributed by atoms with Crippen LogP contribution in [0.1, 0.15) is 20.2 Å².